The van der Waals surface area contributed by atoms with Gasteiger partial charge in [-0.1, -0.05) is 12.1 Å². The van der Waals surface area contributed by atoms with Crippen molar-refractivity contribution in [2.45, 2.75) is 6.54 Å². The summed E-state index contributed by atoms with van der Waals surface area (Å²) in [5.74, 6) is 0.503. The minimum Gasteiger partial charge on any atom is -0.320 e. The Morgan fingerprint density at radius 2 is 2.12 bits per heavy atom. The average molecular weight is 217 g/mol. The van der Waals surface area contributed by atoms with E-state index in [4.69, 9.17) is 0 Å². The van der Waals surface area contributed by atoms with E-state index < -0.39 is 0 Å². The molecule has 0 unspecified atom stereocenters. The number of fused-ring (bicyclic) bond motifs is 1. The summed E-state index contributed by atoms with van der Waals surface area (Å²) in [5, 5.41) is 0. The van der Waals surface area contributed by atoms with Crippen LogP contribution in [-0.2, 0) is 6.54 Å². The van der Waals surface area contributed by atoms with Gasteiger partial charge in [-0.25, -0.2) is 4.98 Å². The Bertz CT molecular complexity index is 502. The predicted octanol–water partition coefficient (Wildman–Crippen LogP) is 1.41. The maximum Gasteiger partial charge on any atom is 0.185 e. The van der Waals surface area contributed by atoms with Gasteiger partial charge in [0.25, 0.3) is 0 Å². The van der Waals surface area contributed by atoms with E-state index >= 15 is 0 Å². The van der Waals surface area contributed by atoms with E-state index in [0.29, 0.717) is 5.82 Å². The minimum absolute atomic E-state index is 0.503. The summed E-state index contributed by atoms with van der Waals surface area (Å²) in [6, 6.07) is 7.81. The number of para-hydroxylation sites is 2. The quantitative estimate of drug-likeness (QED) is 0.727. The van der Waals surface area contributed by atoms with Gasteiger partial charge in [0.15, 0.2) is 12.1 Å². The zero-order valence-electron chi connectivity index (χ0n) is 9.55. The van der Waals surface area contributed by atoms with Crippen LogP contribution in [0, 0.1) is 0 Å². The molecule has 1 aromatic carbocycles. The van der Waals surface area contributed by atoms with Crippen molar-refractivity contribution in [3.63, 3.8) is 0 Å². The van der Waals surface area contributed by atoms with E-state index in [1.54, 1.807) is 0 Å². The zero-order chi connectivity index (χ0) is 11.5. The van der Waals surface area contributed by atoms with Crippen molar-refractivity contribution < 1.29 is 4.79 Å². The first-order valence-corrected chi connectivity index (χ1v) is 5.27. The van der Waals surface area contributed by atoms with Gasteiger partial charge in [-0.05, 0) is 26.2 Å². The largest absolute Gasteiger partial charge is 0.320 e. The first-order valence-electron chi connectivity index (χ1n) is 5.27. The van der Waals surface area contributed by atoms with Crippen molar-refractivity contribution in [1.82, 2.24) is 14.5 Å². The van der Waals surface area contributed by atoms with Crippen molar-refractivity contribution in [3.8, 4) is 0 Å². The Labute approximate surface area is 94.5 Å². The highest BCUT2D eigenvalue weighted by Gasteiger charge is 2.08. The zero-order valence-corrected chi connectivity index (χ0v) is 9.55. The summed E-state index contributed by atoms with van der Waals surface area (Å²) in [6.45, 7) is 1.67. The van der Waals surface area contributed by atoms with Crippen LogP contribution in [0.1, 0.15) is 10.6 Å². The molecule has 1 heterocycles. The van der Waals surface area contributed by atoms with Crippen molar-refractivity contribution in [2.75, 3.05) is 20.6 Å². The number of carbonyl (C=O) groups excluding carboxylic acids is 1. The highest BCUT2D eigenvalue weighted by molar-refractivity contribution is 5.82. The number of aldehydes is 1. The van der Waals surface area contributed by atoms with Crippen molar-refractivity contribution in [3.05, 3.63) is 30.1 Å². The lowest BCUT2D eigenvalue weighted by molar-refractivity contribution is 0.111. The van der Waals surface area contributed by atoms with Crippen LogP contribution in [0.15, 0.2) is 24.3 Å². The van der Waals surface area contributed by atoms with Crippen molar-refractivity contribution in [1.29, 1.82) is 0 Å². The molecule has 16 heavy (non-hydrogen) atoms. The van der Waals surface area contributed by atoms with Crippen LogP contribution in [0.3, 0.4) is 0 Å². The minimum atomic E-state index is 0.503. The highest BCUT2D eigenvalue weighted by atomic mass is 16.1. The molecule has 0 aliphatic heterocycles. The summed E-state index contributed by atoms with van der Waals surface area (Å²) in [4.78, 5) is 17.3. The van der Waals surface area contributed by atoms with Gasteiger partial charge in [-0.2, -0.15) is 0 Å². The summed E-state index contributed by atoms with van der Waals surface area (Å²) < 4.78 is 1.96. The third kappa shape index (κ3) is 1.97. The molecule has 0 aliphatic rings. The van der Waals surface area contributed by atoms with E-state index in [2.05, 4.69) is 9.88 Å². The van der Waals surface area contributed by atoms with Crippen LogP contribution in [0.25, 0.3) is 11.0 Å². The summed E-state index contributed by atoms with van der Waals surface area (Å²) in [7, 11) is 4.03. The molecule has 0 saturated heterocycles. The SMILES string of the molecule is CN(C)CCn1c(C=O)nc2ccccc21. The van der Waals surface area contributed by atoms with Gasteiger partial charge in [0, 0.05) is 13.1 Å². The number of hydrogen-bond acceptors (Lipinski definition) is 3. The van der Waals surface area contributed by atoms with Gasteiger partial charge in [0.05, 0.1) is 11.0 Å². The number of nitrogens with zero attached hydrogens (tertiary/aromatic N) is 3. The fourth-order valence-electron chi connectivity index (χ4n) is 1.72. The molecular formula is C12H15N3O. The molecule has 4 heteroatoms. The van der Waals surface area contributed by atoms with Crippen molar-refractivity contribution in [2.24, 2.45) is 0 Å². The molecule has 2 aromatic rings. The van der Waals surface area contributed by atoms with Crippen LogP contribution < -0.4 is 0 Å². The number of aromatic nitrogens is 2. The Balaban J connectivity index is 2.43. The highest BCUT2D eigenvalue weighted by Crippen LogP contribution is 2.14. The number of rotatable bonds is 4. The molecule has 0 N–H and O–H groups in total. The van der Waals surface area contributed by atoms with E-state index in [9.17, 15) is 4.79 Å². The van der Waals surface area contributed by atoms with Gasteiger partial charge in [-0.3, -0.25) is 4.79 Å². The number of benzene rings is 1. The van der Waals surface area contributed by atoms with Crippen LogP contribution >= 0.6 is 0 Å². The van der Waals surface area contributed by atoms with Crippen LogP contribution in [0.2, 0.25) is 0 Å². The summed E-state index contributed by atoms with van der Waals surface area (Å²) in [5.41, 5.74) is 1.90. The second kappa shape index (κ2) is 4.45. The Morgan fingerprint density at radius 3 is 2.81 bits per heavy atom. The first-order chi connectivity index (χ1) is 7.72. The molecule has 0 saturated carbocycles. The smallest absolute Gasteiger partial charge is 0.185 e. The molecule has 0 aliphatic carbocycles. The number of imidazole rings is 1. The molecule has 84 valence electrons. The Kier molecular flexibility index (Phi) is 3.01. The second-order valence-corrected chi connectivity index (χ2v) is 4.03. The summed E-state index contributed by atoms with van der Waals surface area (Å²) in [6.07, 6.45) is 0.815. The molecule has 0 spiro atoms. The predicted molar refractivity (Wildman–Crippen MR) is 63.7 cm³/mol. The number of carbonyl (C=O) groups is 1. The van der Waals surface area contributed by atoms with Gasteiger partial charge >= 0.3 is 0 Å². The molecule has 0 bridgehead atoms. The van der Waals surface area contributed by atoms with Crippen LogP contribution in [0.4, 0.5) is 0 Å². The fraction of sp³-hybridized carbons (Fsp3) is 0.333. The molecule has 1 aromatic heterocycles. The molecule has 4 nitrogen and oxygen atoms in total. The van der Waals surface area contributed by atoms with Crippen LogP contribution in [-0.4, -0.2) is 41.4 Å². The fourth-order valence-corrected chi connectivity index (χ4v) is 1.72. The second-order valence-electron chi connectivity index (χ2n) is 4.03. The lowest BCUT2D eigenvalue weighted by Crippen LogP contribution is -2.19. The molecule has 0 amide bonds. The van der Waals surface area contributed by atoms with Gasteiger partial charge in [-0.15, -0.1) is 0 Å². The lowest BCUT2D eigenvalue weighted by Gasteiger charge is -2.11. The molecule has 0 atom stereocenters. The maximum absolute atomic E-state index is 10.9. The van der Waals surface area contributed by atoms with Gasteiger partial charge in [0.2, 0.25) is 0 Å². The first kappa shape index (κ1) is 10.8. The molecular weight excluding hydrogens is 202 g/mol. The normalized spacial score (nSPS) is 11.2. The van der Waals surface area contributed by atoms with E-state index in [-0.39, 0.29) is 0 Å². The third-order valence-corrected chi connectivity index (χ3v) is 2.56. The van der Waals surface area contributed by atoms with E-state index in [1.165, 1.54) is 0 Å². The maximum atomic E-state index is 10.9. The Hall–Kier alpha value is -1.68. The third-order valence-electron chi connectivity index (χ3n) is 2.56. The standard InChI is InChI=1S/C12H15N3O/c1-14(2)7-8-15-11-6-4-3-5-10(11)13-12(15)9-16/h3-6,9H,7-8H2,1-2H3. The van der Waals surface area contributed by atoms with E-state index in [0.717, 1.165) is 30.4 Å². The van der Waals surface area contributed by atoms with E-state index in [1.807, 2.05) is 42.9 Å². The number of hydrogen-bond donors (Lipinski definition) is 0. The lowest BCUT2D eigenvalue weighted by atomic mass is 10.3. The molecule has 2 rings (SSSR count). The summed E-state index contributed by atoms with van der Waals surface area (Å²) >= 11 is 0. The average Bonchev–Trinajstić information content (AvgIpc) is 2.64. The Morgan fingerprint density at radius 1 is 1.38 bits per heavy atom. The van der Waals surface area contributed by atoms with Crippen molar-refractivity contribution >= 4 is 17.3 Å². The van der Waals surface area contributed by atoms with Gasteiger partial charge in [0.1, 0.15) is 0 Å². The molecule has 0 radical (unpaired) electrons. The number of likely N-dealkylation sites (N-methyl/N-ethyl adjacent to an activating group) is 1. The molecule has 0 fully saturated rings. The topological polar surface area (TPSA) is 38.1 Å². The van der Waals surface area contributed by atoms with Gasteiger partial charge < -0.3 is 9.47 Å². The van der Waals surface area contributed by atoms with Crippen LogP contribution in [0.5, 0.6) is 0 Å². The monoisotopic (exact) mass is 217 g/mol.